The van der Waals surface area contributed by atoms with Crippen molar-refractivity contribution in [3.8, 4) is 0 Å². The Morgan fingerprint density at radius 3 is 2.46 bits per heavy atom. The Kier molecular flexibility index (Phi) is 7.57. The fourth-order valence-corrected chi connectivity index (χ4v) is 5.39. The van der Waals surface area contributed by atoms with E-state index in [1.54, 1.807) is 17.2 Å². The molecule has 2 aliphatic rings. The van der Waals surface area contributed by atoms with E-state index in [-0.39, 0.29) is 23.4 Å². The molecule has 11 heteroatoms. The average molecular weight is 590 g/mol. The minimum Gasteiger partial charge on any atom is -0.383 e. The second kappa shape index (κ2) is 11.4. The van der Waals surface area contributed by atoms with Gasteiger partial charge in [0.05, 0.1) is 12.4 Å². The van der Waals surface area contributed by atoms with Crippen molar-refractivity contribution in [2.24, 2.45) is 4.99 Å². The lowest BCUT2D eigenvalue weighted by atomic mass is 10.1. The molecular formula is C30H26Cl2FN7O. The summed E-state index contributed by atoms with van der Waals surface area (Å²) >= 11 is 12.1. The molecule has 0 unspecified atom stereocenters. The van der Waals surface area contributed by atoms with Gasteiger partial charge in [0.15, 0.2) is 0 Å². The zero-order chi connectivity index (χ0) is 28.5. The molecule has 3 heterocycles. The number of hydrogen-bond donors (Lipinski definition) is 1. The van der Waals surface area contributed by atoms with Crippen LogP contribution in [0.25, 0.3) is 0 Å². The van der Waals surface area contributed by atoms with Crippen LogP contribution in [0.3, 0.4) is 0 Å². The van der Waals surface area contributed by atoms with Gasteiger partial charge < -0.3 is 10.6 Å². The van der Waals surface area contributed by atoms with Crippen molar-refractivity contribution >= 4 is 58.0 Å². The van der Waals surface area contributed by atoms with Crippen LogP contribution in [0.5, 0.6) is 0 Å². The average Bonchev–Trinajstić information content (AvgIpc) is 3.21. The standard InChI is InChI=1S/C30H26Cl2FN7O/c31-21-6-4-19(5-7-21)14-20-17-35-30(37-28(20)34)36-27-25-16-23(33)8-9-26(25)40(29(27)41)18-38-10-12-39(13-11-38)24-3-1-2-22(32)15-24/h1-9,15-17H,10-14,18H2,(H2,34,35,37)/b36-27-. The number of rotatable bonds is 6. The van der Waals surface area contributed by atoms with Crippen molar-refractivity contribution in [3.05, 3.63) is 105 Å². The number of carbonyl (C=O) groups is 1. The number of aromatic nitrogens is 2. The number of fused-ring (bicyclic) bond motifs is 1. The zero-order valence-corrected chi connectivity index (χ0v) is 23.5. The molecule has 0 bridgehead atoms. The van der Waals surface area contributed by atoms with Crippen molar-refractivity contribution in [1.29, 1.82) is 0 Å². The van der Waals surface area contributed by atoms with Crippen LogP contribution in [-0.2, 0) is 11.2 Å². The number of halogens is 3. The SMILES string of the molecule is Nc1nc(/N=C2\C(=O)N(CN3CCN(c4cccc(Cl)c4)CC3)c3ccc(F)cc32)ncc1Cc1ccc(Cl)cc1. The highest BCUT2D eigenvalue weighted by Gasteiger charge is 2.36. The van der Waals surface area contributed by atoms with Crippen LogP contribution in [-0.4, -0.2) is 59.3 Å². The molecule has 1 fully saturated rings. The van der Waals surface area contributed by atoms with E-state index >= 15 is 0 Å². The molecule has 6 rings (SSSR count). The van der Waals surface area contributed by atoms with Gasteiger partial charge in [-0.15, -0.1) is 0 Å². The molecule has 0 aliphatic carbocycles. The van der Waals surface area contributed by atoms with E-state index in [0.29, 0.717) is 34.4 Å². The van der Waals surface area contributed by atoms with Gasteiger partial charge in [0.25, 0.3) is 11.9 Å². The van der Waals surface area contributed by atoms with Crippen LogP contribution < -0.4 is 15.5 Å². The number of nitrogens with zero attached hydrogens (tertiary/aromatic N) is 6. The topological polar surface area (TPSA) is 90.9 Å². The van der Waals surface area contributed by atoms with Crippen molar-refractivity contribution in [3.63, 3.8) is 0 Å². The Balaban J connectivity index is 1.20. The zero-order valence-electron chi connectivity index (χ0n) is 22.0. The first-order valence-electron chi connectivity index (χ1n) is 13.1. The Morgan fingerprint density at radius 1 is 0.951 bits per heavy atom. The quantitative estimate of drug-likeness (QED) is 0.326. The van der Waals surface area contributed by atoms with E-state index in [2.05, 4.69) is 24.8 Å². The van der Waals surface area contributed by atoms with Gasteiger partial charge in [-0.05, 0) is 54.1 Å². The summed E-state index contributed by atoms with van der Waals surface area (Å²) in [6.45, 7) is 3.41. The van der Waals surface area contributed by atoms with Gasteiger partial charge in [-0.3, -0.25) is 14.6 Å². The molecule has 41 heavy (non-hydrogen) atoms. The second-order valence-corrected chi connectivity index (χ2v) is 10.8. The molecule has 0 atom stereocenters. The molecular weight excluding hydrogens is 564 g/mol. The fourth-order valence-electron chi connectivity index (χ4n) is 5.08. The summed E-state index contributed by atoms with van der Waals surface area (Å²) in [6.07, 6.45) is 2.12. The largest absolute Gasteiger partial charge is 0.383 e. The molecule has 0 spiro atoms. The monoisotopic (exact) mass is 589 g/mol. The molecule has 0 saturated carbocycles. The lowest BCUT2D eigenvalue weighted by molar-refractivity contribution is -0.112. The maximum absolute atomic E-state index is 14.3. The molecule has 2 aliphatic heterocycles. The minimum absolute atomic E-state index is 0.0397. The van der Waals surface area contributed by atoms with Crippen molar-refractivity contribution < 1.29 is 9.18 Å². The van der Waals surface area contributed by atoms with Gasteiger partial charge in [0, 0.05) is 65.7 Å². The molecule has 208 valence electrons. The predicted octanol–water partition coefficient (Wildman–Crippen LogP) is 5.34. The summed E-state index contributed by atoms with van der Waals surface area (Å²) in [7, 11) is 0. The summed E-state index contributed by atoms with van der Waals surface area (Å²) in [4.78, 5) is 32.8. The van der Waals surface area contributed by atoms with Crippen molar-refractivity contribution in [1.82, 2.24) is 14.9 Å². The van der Waals surface area contributed by atoms with E-state index in [1.165, 1.54) is 12.1 Å². The van der Waals surface area contributed by atoms with Gasteiger partial charge in [-0.1, -0.05) is 41.4 Å². The fraction of sp³-hybridized carbons (Fsp3) is 0.200. The third-order valence-electron chi connectivity index (χ3n) is 7.24. The second-order valence-electron chi connectivity index (χ2n) is 9.97. The first-order valence-corrected chi connectivity index (χ1v) is 13.9. The van der Waals surface area contributed by atoms with Crippen molar-refractivity contribution in [2.75, 3.05) is 48.4 Å². The maximum Gasteiger partial charge on any atom is 0.278 e. The maximum atomic E-state index is 14.3. The van der Waals surface area contributed by atoms with Crippen LogP contribution in [0.15, 0.2) is 77.9 Å². The van der Waals surface area contributed by atoms with Crippen LogP contribution in [0.1, 0.15) is 16.7 Å². The molecule has 2 N–H and O–H groups in total. The molecule has 1 aromatic heterocycles. The number of piperazine rings is 1. The highest BCUT2D eigenvalue weighted by Crippen LogP contribution is 2.32. The van der Waals surface area contributed by atoms with Crippen molar-refractivity contribution in [2.45, 2.75) is 6.42 Å². The van der Waals surface area contributed by atoms with Gasteiger partial charge in [-0.25, -0.2) is 14.4 Å². The van der Waals surface area contributed by atoms with E-state index < -0.39 is 5.82 Å². The molecule has 4 aromatic rings. The number of benzene rings is 3. The number of anilines is 3. The molecule has 1 saturated heterocycles. The lowest BCUT2D eigenvalue weighted by Gasteiger charge is -2.37. The van der Waals surface area contributed by atoms with Gasteiger partial charge >= 0.3 is 0 Å². The number of nitrogen functional groups attached to an aromatic ring is 1. The summed E-state index contributed by atoms with van der Waals surface area (Å²) < 4.78 is 14.3. The van der Waals surface area contributed by atoms with Gasteiger partial charge in [-0.2, -0.15) is 4.98 Å². The molecule has 1 amide bonds. The first kappa shape index (κ1) is 27.1. The number of hydrogen-bond acceptors (Lipinski definition) is 7. The number of aliphatic imine (C=N–C) groups is 1. The lowest BCUT2D eigenvalue weighted by Crippen LogP contribution is -2.51. The van der Waals surface area contributed by atoms with E-state index in [0.717, 1.165) is 43.0 Å². The molecule has 8 nitrogen and oxygen atoms in total. The first-order chi connectivity index (χ1) is 19.8. The summed E-state index contributed by atoms with van der Waals surface area (Å²) in [5.41, 5.74) is 10.1. The normalized spacial score (nSPS) is 16.5. The number of carbonyl (C=O) groups excluding carboxylic acids is 1. The Morgan fingerprint density at radius 2 is 1.73 bits per heavy atom. The highest BCUT2D eigenvalue weighted by molar-refractivity contribution is 6.54. The molecule has 0 radical (unpaired) electrons. The van der Waals surface area contributed by atoms with Crippen LogP contribution in [0.2, 0.25) is 10.0 Å². The Labute approximate surface area is 246 Å². The minimum atomic E-state index is -0.458. The smallest absolute Gasteiger partial charge is 0.278 e. The highest BCUT2D eigenvalue weighted by atomic mass is 35.5. The van der Waals surface area contributed by atoms with E-state index in [4.69, 9.17) is 28.9 Å². The van der Waals surface area contributed by atoms with Crippen LogP contribution in [0, 0.1) is 5.82 Å². The van der Waals surface area contributed by atoms with Gasteiger partial charge in [0.2, 0.25) is 0 Å². The summed E-state index contributed by atoms with van der Waals surface area (Å²) in [6, 6.07) is 19.5. The predicted molar refractivity (Wildman–Crippen MR) is 161 cm³/mol. The summed E-state index contributed by atoms with van der Waals surface area (Å²) in [5, 5.41) is 1.35. The number of amides is 1. The Bertz CT molecular complexity index is 1640. The third-order valence-corrected chi connectivity index (χ3v) is 7.73. The molecule has 3 aromatic carbocycles. The van der Waals surface area contributed by atoms with Crippen LogP contribution >= 0.6 is 23.2 Å². The van der Waals surface area contributed by atoms with E-state index in [1.807, 2.05) is 48.5 Å². The summed E-state index contributed by atoms with van der Waals surface area (Å²) in [5.74, 6) is -0.498. The van der Waals surface area contributed by atoms with Crippen LogP contribution in [0.4, 0.5) is 27.5 Å². The Hall–Kier alpha value is -4.05. The number of nitrogens with two attached hydrogens (primary N) is 1. The third kappa shape index (κ3) is 5.88. The van der Waals surface area contributed by atoms with Gasteiger partial charge in [0.1, 0.15) is 17.3 Å². The van der Waals surface area contributed by atoms with E-state index in [9.17, 15) is 9.18 Å².